The number of piperazine rings is 1. The Bertz CT molecular complexity index is 415. The maximum absolute atomic E-state index is 6.20. The van der Waals surface area contributed by atoms with E-state index >= 15 is 0 Å². The Morgan fingerprint density at radius 2 is 2.11 bits per heavy atom. The molecule has 0 aromatic carbocycles. The van der Waals surface area contributed by atoms with Gasteiger partial charge in [0.05, 0.1) is 11.6 Å². The molecule has 0 amide bonds. The lowest BCUT2D eigenvalue weighted by atomic mass is 10.1. The predicted octanol–water partition coefficient (Wildman–Crippen LogP) is 2.04. The normalized spacial score (nSPS) is 25.5. The second kappa shape index (κ2) is 6.07. The standard InChI is InChI=1S/C14H20ClN3O/c15-13-4-1-5-16-14(13)18-8-6-17(7-9-18)12-3-2-10-19-11-12/h1,4-5,12H,2-3,6-11H2/t12-/m0/s1. The van der Waals surface area contributed by atoms with Gasteiger partial charge in [0.1, 0.15) is 5.82 Å². The Labute approximate surface area is 119 Å². The van der Waals surface area contributed by atoms with Crippen molar-refractivity contribution < 1.29 is 4.74 Å². The maximum atomic E-state index is 6.20. The van der Waals surface area contributed by atoms with Gasteiger partial charge in [0.25, 0.3) is 0 Å². The first-order chi connectivity index (χ1) is 9.34. The van der Waals surface area contributed by atoms with Crippen molar-refractivity contribution in [2.75, 3.05) is 44.3 Å². The number of pyridine rings is 1. The van der Waals surface area contributed by atoms with Crippen LogP contribution < -0.4 is 4.90 Å². The number of ether oxygens (including phenoxy) is 1. The van der Waals surface area contributed by atoms with Crippen LogP contribution in [-0.4, -0.2) is 55.3 Å². The molecule has 0 spiro atoms. The van der Waals surface area contributed by atoms with E-state index < -0.39 is 0 Å². The highest BCUT2D eigenvalue weighted by Gasteiger charge is 2.26. The molecular weight excluding hydrogens is 262 g/mol. The zero-order valence-corrected chi connectivity index (χ0v) is 11.9. The predicted molar refractivity (Wildman–Crippen MR) is 76.9 cm³/mol. The van der Waals surface area contributed by atoms with Gasteiger partial charge in [-0.1, -0.05) is 11.6 Å². The molecule has 1 atom stereocenters. The second-order valence-electron chi connectivity index (χ2n) is 5.20. The first kappa shape index (κ1) is 13.2. The first-order valence-corrected chi connectivity index (χ1v) is 7.39. The number of halogens is 1. The third-order valence-corrected chi connectivity index (χ3v) is 4.30. The van der Waals surface area contributed by atoms with Crippen LogP contribution in [0.15, 0.2) is 18.3 Å². The lowest BCUT2D eigenvalue weighted by Crippen LogP contribution is -2.52. The van der Waals surface area contributed by atoms with Crippen LogP contribution in [-0.2, 0) is 4.74 Å². The summed E-state index contributed by atoms with van der Waals surface area (Å²) < 4.78 is 5.58. The van der Waals surface area contributed by atoms with Crippen LogP contribution in [0.25, 0.3) is 0 Å². The fourth-order valence-electron chi connectivity index (χ4n) is 2.92. The fraction of sp³-hybridized carbons (Fsp3) is 0.643. The summed E-state index contributed by atoms with van der Waals surface area (Å²) in [5.41, 5.74) is 0. The van der Waals surface area contributed by atoms with Crippen LogP contribution >= 0.6 is 11.6 Å². The summed E-state index contributed by atoms with van der Waals surface area (Å²) in [7, 11) is 0. The Hall–Kier alpha value is -0.840. The van der Waals surface area contributed by atoms with Gasteiger partial charge in [-0.2, -0.15) is 0 Å². The first-order valence-electron chi connectivity index (χ1n) is 7.02. The maximum Gasteiger partial charge on any atom is 0.147 e. The van der Waals surface area contributed by atoms with Crippen LogP contribution in [0.4, 0.5) is 5.82 Å². The SMILES string of the molecule is Clc1cccnc1N1CCN([C@H]2CCCOC2)CC1. The number of hydrogen-bond acceptors (Lipinski definition) is 4. The van der Waals surface area contributed by atoms with Gasteiger partial charge in [0, 0.05) is 45.0 Å². The van der Waals surface area contributed by atoms with Crippen molar-refractivity contribution in [1.82, 2.24) is 9.88 Å². The summed E-state index contributed by atoms with van der Waals surface area (Å²) in [4.78, 5) is 9.22. The van der Waals surface area contributed by atoms with E-state index in [0.717, 1.165) is 50.2 Å². The molecule has 2 aliphatic rings. The van der Waals surface area contributed by atoms with E-state index in [0.29, 0.717) is 6.04 Å². The molecule has 4 nitrogen and oxygen atoms in total. The highest BCUT2D eigenvalue weighted by atomic mass is 35.5. The Morgan fingerprint density at radius 3 is 2.79 bits per heavy atom. The van der Waals surface area contributed by atoms with Gasteiger partial charge in [0.15, 0.2) is 0 Å². The molecule has 0 aliphatic carbocycles. The highest BCUT2D eigenvalue weighted by molar-refractivity contribution is 6.32. The molecule has 1 aromatic heterocycles. The summed E-state index contributed by atoms with van der Waals surface area (Å²) in [5.74, 6) is 0.920. The van der Waals surface area contributed by atoms with Crippen LogP contribution in [0.3, 0.4) is 0 Å². The molecule has 19 heavy (non-hydrogen) atoms. The molecule has 0 unspecified atom stereocenters. The molecular formula is C14H20ClN3O. The van der Waals surface area contributed by atoms with Gasteiger partial charge in [-0.05, 0) is 25.0 Å². The van der Waals surface area contributed by atoms with Crippen LogP contribution in [0.2, 0.25) is 5.02 Å². The highest BCUT2D eigenvalue weighted by Crippen LogP contribution is 2.24. The van der Waals surface area contributed by atoms with Crippen molar-refractivity contribution in [2.45, 2.75) is 18.9 Å². The zero-order chi connectivity index (χ0) is 13.1. The summed E-state index contributed by atoms with van der Waals surface area (Å²) in [6.07, 6.45) is 4.27. The van der Waals surface area contributed by atoms with Gasteiger partial charge in [0.2, 0.25) is 0 Å². The summed E-state index contributed by atoms with van der Waals surface area (Å²) >= 11 is 6.20. The monoisotopic (exact) mass is 281 g/mol. The number of hydrogen-bond donors (Lipinski definition) is 0. The molecule has 0 bridgehead atoms. The van der Waals surface area contributed by atoms with E-state index in [1.54, 1.807) is 0 Å². The van der Waals surface area contributed by atoms with Crippen molar-refractivity contribution in [2.24, 2.45) is 0 Å². The summed E-state index contributed by atoms with van der Waals surface area (Å²) in [6, 6.07) is 4.39. The Kier molecular flexibility index (Phi) is 4.21. The van der Waals surface area contributed by atoms with E-state index in [1.807, 2.05) is 18.3 Å². The molecule has 0 N–H and O–H groups in total. The average molecular weight is 282 g/mol. The average Bonchev–Trinajstić information content (AvgIpc) is 2.49. The third-order valence-electron chi connectivity index (χ3n) is 4.01. The van der Waals surface area contributed by atoms with E-state index in [1.165, 1.54) is 12.8 Å². The lowest BCUT2D eigenvalue weighted by molar-refractivity contribution is 0.0158. The zero-order valence-electron chi connectivity index (χ0n) is 11.1. The summed E-state index contributed by atoms with van der Waals surface area (Å²) in [6.45, 7) is 5.95. The summed E-state index contributed by atoms with van der Waals surface area (Å²) in [5, 5.41) is 0.747. The van der Waals surface area contributed by atoms with Crippen LogP contribution in [0, 0.1) is 0 Å². The smallest absolute Gasteiger partial charge is 0.147 e. The van der Waals surface area contributed by atoms with Gasteiger partial charge >= 0.3 is 0 Å². The quantitative estimate of drug-likeness (QED) is 0.829. The second-order valence-corrected chi connectivity index (χ2v) is 5.61. The topological polar surface area (TPSA) is 28.6 Å². The molecule has 1 aromatic rings. The molecule has 3 heterocycles. The van der Waals surface area contributed by atoms with Crippen LogP contribution in [0.1, 0.15) is 12.8 Å². The Morgan fingerprint density at radius 1 is 1.26 bits per heavy atom. The van der Waals surface area contributed by atoms with Gasteiger partial charge in [-0.3, -0.25) is 4.90 Å². The van der Waals surface area contributed by atoms with Gasteiger partial charge < -0.3 is 9.64 Å². The van der Waals surface area contributed by atoms with E-state index in [-0.39, 0.29) is 0 Å². The minimum atomic E-state index is 0.607. The molecule has 0 radical (unpaired) electrons. The molecule has 3 rings (SSSR count). The van der Waals surface area contributed by atoms with Crippen molar-refractivity contribution >= 4 is 17.4 Å². The fourth-order valence-corrected chi connectivity index (χ4v) is 3.16. The van der Waals surface area contributed by atoms with E-state index in [4.69, 9.17) is 16.3 Å². The van der Waals surface area contributed by atoms with Crippen molar-refractivity contribution in [3.05, 3.63) is 23.4 Å². The largest absolute Gasteiger partial charge is 0.380 e. The molecule has 2 saturated heterocycles. The van der Waals surface area contributed by atoms with Crippen molar-refractivity contribution in [1.29, 1.82) is 0 Å². The minimum absolute atomic E-state index is 0.607. The molecule has 0 saturated carbocycles. The van der Waals surface area contributed by atoms with Gasteiger partial charge in [-0.15, -0.1) is 0 Å². The van der Waals surface area contributed by atoms with Crippen molar-refractivity contribution in [3.8, 4) is 0 Å². The van der Waals surface area contributed by atoms with Crippen molar-refractivity contribution in [3.63, 3.8) is 0 Å². The molecule has 104 valence electrons. The number of rotatable bonds is 2. The number of nitrogens with zero attached hydrogens (tertiary/aromatic N) is 3. The van der Waals surface area contributed by atoms with E-state index in [9.17, 15) is 0 Å². The van der Waals surface area contributed by atoms with E-state index in [2.05, 4.69) is 14.8 Å². The number of aromatic nitrogens is 1. The third kappa shape index (κ3) is 3.02. The molecule has 2 fully saturated rings. The number of anilines is 1. The Balaban J connectivity index is 1.58. The molecule has 2 aliphatic heterocycles. The molecule has 5 heteroatoms. The lowest BCUT2D eigenvalue weighted by Gasteiger charge is -2.41. The minimum Gasteiger partial charge on any atom is -0.380 e. The van der Waals surface area contributed by atoms with Gasteiger partial charge in [-0.25, -0.2) is 4.98 Å². The van der Waals surface area contributed by atoms with Crippen LogP contribution in [0.5, 0.6) is 0 Å².